The first-order valence-corrected chi connectivity index (χ1v) is 7.24. The van der Waals surface area contributed by atoms with Crippen LogP contribution in [0.1, 0.15) is 26.3 Å². The number of hydrogen-bond acceptors (Lipinski definition) is 1. The lowest BCUT2D eigenvalue weighted by molar-refractivity contribution is 0.410. The Hall–Kier alpha value is -1.28. The molecule has 100 valence electrons. The molecule has 0 N–H and O–H groups in total. The molecule has 0 bridgehead atoms. The Morgan fingerprint density at radius 2 is 1.32 bits per heavy atom. The van der Waals surface area contributed by atoms with Gasteiger partial charge in [0.25, 0.3) is 0 Å². The molecule has 0 atom stereocenters. The van der Waals surface area contributed by atoms with Crippen molar-refractivity contribution in [2.24, 2.45) is 5.41 Å². The third kappa shape index (κ3) is 4.71. The molecular weight excluding hydrogens is 300 g/mol. The number of rotatable bonds is 3. The standard InChI is InChI=1S/C17H19BrO/c1-17(2,3)12-13-4-8-15(9-5-13)19-16-10-6-14(18)7-11-16/h4-11H,12H2,1-3H3. The molecule has 0 aliphatic carbocycles. The van der Waals surface area contributed by atoms with Crippen molar-refractivity contribution in [3.8, 4) is 11.5 Å². The second-order valence-corrected chi connectivity index (χ2v) is 6.85. The molecule has 19 heavy (non-hydrogen) atoms. The molecule has 2 heteroatoms. The van der Waals surface area contributed by atoms with Crippen LogP contribution in [-0.2, 0) is 6.42 Å². The zero-order chi connectivity index (χ0) is 13.9. The minimum atomic E-state index is 0.314. The lowest BCUT2D eigenvalue weighted by Gasteiger charge is -2.18. The van der Waals surface area contributed by atoms with Gasteiger partial charge < -0.3 is 4.74 Å². The van der Waals surface area contributed by atoms with Crippen LogP contribution in [0.15, 0.2) is 53.0 Å². The van der Waals surface area contributed by atoms with Gasteiger partial charge in [0.1, 0.15) is 11.5 Å². The smallest absolute Gasteiger partial charge is 0.127 e. The molecule has 0 amide bonds. The maximum absolute atomic E-state index is 5.80. The molecule has 0 saturated carbocycles. The van der Waals surface area contributed by atoms with E-state index in [1.807, 2.05) is 36.4 Å². The third-order valence-electron chi connectivity index (χ3n) is 2.71. The lowest BCUT2D eigenvalue weighted by atomic mass is 9.88. The molecule has 0 aromatic heterocycles. The highest BCUT2D eigenvalue weighted by Crippen LogP contribution is 2.25. The topological polar surface area (TPSA) is 9.23 Å². The van der Waals surface area contributed by atoms with Crippen molar-refractivity contribution in [1.29, 1.82) is 0 Å². The zero-order valence-corrected chi connectivity index (χ0v) is 13.2. The van der Waals surface area contributed by atoms with Crippen molar-refractivity contribution >= 4 is 15.9 Å². The maximum atomic E-state index is 5.80. The van der Waals surface area contributed by atoms with E-state index >= 15 is 0 Å². The van der Waals surface area contributed by atoms with Crippen LogP contribution in [0.3, 0.4) is 0 Å². The van der Waals surface area contributed by atoms with Crippen molar-refractivity contribution < 1.29 is 4.74 Å². The van der Waals surface area contributed by atoms with Gasteiger partial charge in [0, 0.05) is 4.47 Å². The van der Waals surface area contributed by atoms with Crippen LogP contribution in [0, 0.1) is 5.41 Å². The Labute approximate surface area is 123 Å². The van der Waals surface area contributed by atoms with Crippen LogP contribution in [0.5, 0.6) is 11.5 Å². The van der Waals surface area contributed by atoms with Gasteiger partial charge >= 0.3 is 0 Å². The van der Waals surface area contributed by atoms with Gasteiger partial charge in [-0.05, 0) is 53.8 Å². The molecule has 0 saturated heterocycles. The van der Waals surface area contributed by atoms with Crippen molar-refractivity contribution in [2.45, 2.75) is 27.2 Å². The summed E-state index contributed by atoms with van der Waals surface area (Å²) < 4.78 is 6.85. The molecule has 1 nitrogen and oxygen atoms in total. The van der Waals surface area contributed by atoms with Crippen molar-refractivity contribution in [3.05, 3.63) is 58.6 Å². The second kappa shape index (κ2) is 5.79. The maximum Gasteiger partial charge on any atom is 0.127 e. The monoisotopic (exact) mass is 318 g/mol. The van der Waals surface area contributed by atoms with E-state index < -0.39 is 0 Å². The highest BCUT2D eigenvalue weighted by atomic mass is 79.9. The fourth-order valence-corrected chi connectivity index (χ4v) is 2.19. The summed E-state index contributed by atoms with van der Waals surface area (Å²) in [6.45, 7) is 6.75. The van der Waals surface area contributed by atoms with Gasteiger partial charge in [0.05, 0.1) is 0 Å². The molecule has 0 unspecified atom stereocenters. The largest absolute Gasteiger partial charge is 0.457 e. The molecule has 0 aliphatic rings. The summed E-state index contributed by atoms with van der Waals surface area (Å²) in [5.41, 5.74) is 1.66. The Kier molecular flexibility index (Phi) is 4.31. The number of ether oxygens (including phenoxy) is 1. The highest BCUT2D eigenvalue weighted by molar-refractivity contribution is 9.10. The Morgan fingerprint density at radius 1 is 0.842 bits per heavy atom. The highest BCUT2D eigenvalue weighted by Gasteiger charge is 2.11. The zero-order valence-electron chi connectivity index (χ0n) is 11.6. The van der Waals surface area contributed by atoms with Gasteiger partial charge in [0.15, 0.2) is 0 Å². The van der Waals surface area contributed by atoms with Gasteiger partial charge in [-0.3, -0.25) is 0 Å². The lowest BCUT2D eigenvalue weighted by Crippen LogP contribution is -2.08. The van der Waals surface area contributed by atoms with Crippen LogP contribution < -0.4 is 4.74 Å². The Morgan fingerprint density at radius 3 is 1.79 bits per heavy atom. The SMILES string of the molecule is CC(C)(C)Cc1ccc(Oc2ccc(Br)cc2)cc1. The van der Waals surface area contributed by atoms with Gasteiger partial charge in [-0.2, -0.15) is 0 Å². The van der Waals surface area contributed by atoms with Crippen molar-refractivity contribution in [3.63, 3.8) is 0 Å². The summed E-state index contributed by atoms with van der Waals surface area (Å²) >= 11 is 3.41. The van der Waals surface area contributed by atoms with Gasteiger partial charge in [-0.25, -0.2) is 0 Å². The normalized spacial score (nSPS) is 11.4. The summed E-state index contributed by atoms with van der Waals surface area (Å²) in [7, 11) is 0. The van der Waals surface area contributed by atoms with Crippen LogP contribution in [0.25, 0.3) is 0 Å². The van der Waals surface area contributed by atoms with E-state index in [9.17, 15) is 0 Å². The van der Waals surface area contributed by atoms with E-state index in [-0.39, 0.29) is 0 Å². The number of benzene rings is 2. The summed E-state index contributed by atoms with van der Waals surface area (Å²) in [4.78, 5) is 0. The minimum absolute atomic E-state index is 0.314. The second-order valence-electron chi connectivity index (χ2n) is 5.94. The molecule has 0 radical (unpaired) electrons. The molecular formula is C17H19BrO. The van der Waals surface area contributed by atoms with Crippen LogP contribution in [0.4, 0.5) is 0 Å². The van der Waals surface area contributed by atoms with E-state index in [0.29, 0.717) is 5.41 Å². The first kappa shape index (κ1) is 14.1. The summed E-state index contributed by atoms with van der Waals surface area (Å²) in [5, 5.41) is 0. The van der Waals surface area contributed by atoms with Crippen molar-refractivity contribution in [1.82, 2.24) is 0 Å². The first-order valence-electron chi connectivity index (χ1n) is 6.45. The number of halogens is 1. The Bertz CT molecular complexity index is 521. The summed E-state index contributed by atoms with van der Waals surface area (Å²) in [5.74, 6) is 1.73. The molecule has 0 spiro atoms. The predicted molar refractivity (Wildman–Crippen MR) is 83.8 cm³/mol. The molecule has 0 aliphatic heterocycles. The number of hydrogen-bond donors (Lipinski definition) is 0. The summed E-state index contributed by atoms with van der Waals surface area (Å²) in [6.07, 6.45) is 1.07. The quantitative estimate of drug-likeness (QED) is 0.691. The van der Waals surface area contributed by atoms with Gasteiger partial charge in [-0.1, -0.05) is 48.8 Å². The van der Waals surface area contributed by atoms with Crippen LogP contribution in [0.2, 0.25) is 0 Å². The minimum Gasteiger partial charge on any atom is -0.457 e. The van der Waals surface area contributed by atoms with E-state index in [0.717, 1.165) is 22.4 Å². The van der Waals surface area contributed by atoms with Crippen LogP contribution >= 0.6 is 15.9 Å². The fraction of sp³-hybridized carbons (Fsp3) is 0.294. The van der Waals surface area contributed by atoms with E-state index in [1.54, 1.807) is 0 Å². The molecule has 0 fully saturated rings. The van der Waals surface area contributed by atoms with Gasteiger partial charge in [-0.15, -0.1) is 0 Å². The molecule has 2 rings (SSSR count). The average molecular weight is 319 g/mol. The van der Waals surface area contributed by atoms with E-state index in [2.05, 4.69) is 48.8 Å². The molecule has 2 aromatic rings. The van der Waals surface area contributed by atoms with E-state index in [4.69, 9.17) is 4.74 Å². The molecule has 2 aromatic carbocycles. The predicted octanol–water partition coefficient (Wildman–Crippen LogP) is 5.83. The summed E-state index contributed by atoms with van der Waals surface area (Å²) in [6, 6.07) is 16.2. The fourth-order valence-electron chi connectivity index (χ4n) is 1.93. The molecule has 0 heterocycles. The first-order chi connectivity index (χ1) is 8.92. The van der Waals surface area contributed by atoms with Crippen LogP contribution in [-0.4, -0.2) is 0 Å². The van der Waals surface area contributed by atoms with E-state index in [1.165, 1.54) is 5.56 Å². The van der Waals surface area contributed by atoms with Gasteiger partial charge in [0.2, 0.25) is 0 Å². The van der Waals surface area contributed by atoms with Crippen molar-refractivity contribution in [2.75, 3.05) is 0 Å². The third-order valence-corrected chi connectivity index (χ3v) is 3.24. The average Bonchev–Trinajstić information content (AvgIpc) is 2.33. The Balaban J connectivity index is 2.04.